The molecule has 1 N–H and O–H groups in total. The number of hydrogen-bond donors (Lipinski definition) is 1. The lowest BCUT2D eigenvalue weighted by atomic mass is 10.2. The van der Waals surface area contributed by atoms with Crippen molar-refractivity contribution in [3.05, 3.63) is 29.6 Å². The fraction of sp³-hybridized carbons (Fsp3) is 0.125. The van der Waals surface area contributed by atoms with Gasteiger partial charge in [-0.3, -0.25) is 4.39 Å². The molecule has 0 saturated heterocycles. The Hall–Kier alpha value is -1.63. The number of benzene rings is 1. The van der Waals surface area contributed by atoms with Gasteiger partial charge in [-0.05, 0) is 12.1 Å². The molecular weight excluding hydrogens is 164 g/mol. The number of phenols is 1. The monoisotopic (exact) mass is 171 g/mol. The van der Waals surface area contributed by atoms with E-state index >= 15 is 0 Å². The molecule has 0 atom stereocenters. The van der Waals surface area contributed by atoms with Crippen molar-refractivity contribution in [1.29, 1.82) is 5.26 Å². The minimum Gasteiger partial charge on any atom is -0.506 e. The summed E-state index contributed by atoms with van der Waals surface area (Å²) in [6.07, 6.45) is 0. The maximum Gasteiger partial charge on any atom is 0.144 e. The molecule has 0 unspecified atom stereocenters. The van der Waals surface area contributed by atoms with E-state index in [9.17, 15) is 8.78 Å². The fourth-order valence-corrected chi connectivity index (χ4v) is 0.623. The van der Waals surface area contributed by atoms with Gasteiger partial charge in [0.15, 0.2) is 0 Å². The minimum atomic E-state index is -0.692. The highest BCUT2D eigenvalue weighted by molar-refractivity contribution is 5.42. The standard InChI is InChI=1S/C7H4FNO.CH3F/c8-6-2-1-3-7(10)5(6)4-9;1-2/h1-3,10H;1H3. The van der Waals surface area contributed by atoms with Crippen LogP contribution in [0.1, 0.15) is 5.56 Å². The van der Waals surface area contributed by atoms with Crippen LogP contribution in [-0.2, 0) is 0 Å². The normalized spacial score (nSPS) is 7.83. The van der Waals surface area contributed by atoms with Crippen LogP contribution in [0.3, 0.4) is 0 Å². The second-order valence-corrected chi connectivity index (χ2v) is 1.75. The van der Waals surface area contributed by atoms with Crippen LogP contribution in [-0.4, -0.2) is 12.3 Å². The highest BCUT2D eigenvalue weighted by Gasteiger charge is 2.04. The summed E-state index contributed by atoms with van der Waals surface area (Å²) in [6, 6.07) is 5.27. The third-order valence-electron chi connectivity index (χ3n) is 1.10. The zero-order valence-electron chi connectivity index (χ0n) is 6.38. The van der Waals surface area contributed by atoms with Crippen LogP contribution < -0.4 is 0 Å². The largest absolute Gasteiger partial charge is 0.506 e. The molecule has 0 aromatic heterocycles. The van der Waals surface area contributed by atoms with Crippen LogP contribution >= 0.6 is 0 Å². The van der Waals surface area contributed by atoms with Crippen LogP contribution in [0.25, 0.3) is 0 Å². The number of nitrogens with zero attached hydrogens (tertiary/aromatic N) is 1. The SMILES string of the molecule is CF.N#Cc1c(O)cccc1F. The second-order valence-electron chi connectivity index (χ2n) is 1.75. The Balaban J connectivity index is 0.000000561. The van der Waals surface area contributed by atoms with E-state index in [0.717, 1.165) is 6.07 Å². The van der Waals surface area contributed by atoms with Crippen molar-refractivity contribution < 1.29 is 13.9 Å². The molecule has 0 spiro atoms. The maximum absolute atomic E-state index is 12.5. The first-order chi connectivity index (χ1) is 5.75. The Morgan fingerprint density at radius 3 is 2.33 bits per heavy atom. The Bertz CT molecular complexity index is 273. The Kier molecular flexibility index (Phi) is 4.39. The average Bonchev–Trinajstić information content (AvgIpc) is 2.08. The van der Waals surface area contributed by atoms with Crippen molar-refractivity contribution in [3.8, 4) is 11.8 Å². The van der Waals surface area contributed by atoms with Gasteiger partial charge in [0.25, 0.3) is 0 Å². The van der Waals surface area contributed by atoms with Gasteiger partial charge in [-0.25, -0.2) is 4.39 Å². The van der Waals surface area contributed by atoms with Gasteiger partial charge in [0.05, 0.1) is 7.18 Å². The molecule has 0 heterocycles. The summed E-state index contributed by atoms with van der Waals surface area (Å²) in [4.78, 5) is 0. The molecule has 1 rings (SSSR count). The zero-order chi connectivity index (χ0) is 9.56. The van der Waals surface area contributed by atoms with Crippen molar-refractivity contribution in [1.82, 2.24) is 0 Å². The van der Waals surface area contributed by atoms with Crippen LogP contribution in [0.2, 0.25) is 0 Å². The molecule has 0 saturated carbocycles. The molecule has 0 bridgehead atoms. The molecular formula is C8H7F2NO. The molecule has 0 radical (unpaired) electrons. The summed E-state index contributed by atoms with van der Waals surface area (Å²) in [5, 5.41) is 17.1. The van der Waals surface area contributed by atoms with Crippen LogP contribution in [0.4, 0.5) is 8.78 Å². The van der Waals surface area contributed by atoms with Gasteiger partial charge in [-0.2, -0.15) is 5.26 Å². The molecule has 64 valence electrons. The van der Waals surface area contributed by atoms with Crippen molar-refractivity contribution in [2.75, 3.05) is 7.18 Å². The van der Waals surface area contributed by atoms with E-state index in [-0.39, 0.29) is 11.3 Å². The van der Waals surface area contributed by atoms with Gasteiger partial charge >= 0.3 is 0 Å². The second kappa shape index (κ2) is 5.08. The highest BCUT2D eigenvalue weighted by Crippen LogP contribution is 2.17. The molecule has 2 nitrogen and oxygen atoms in total. The van der Waals surface area contributed by atoms with E-state index < -0.39 is 5.82 Å². The number of phenolic OH excluding ortho intramolecular Hbond substituents is 1. The van der Waals surface area contributed by atoms with Gasteiger partial charge in [0, 0.05) is 0 Å². The lowest BCUT2D eigenvalue weighted by Gasteiger charge is -1.93. The fourth-order valence-electron chi connectivity index (χ4n) is 0.623. The van der Waals surface area contributed by atoms with E-state index in [1.54, 1.807) is 0 Å². The summed E-state index contributed by atoms with van der Waals surface area (Å²) < 4.78 is 22.0. The third kappa shape index (κ3) is 2.20. The molecule has 0 aliphatic heterocycles. The van der Waals surface area contributed by atoms with Gasteiger partial charge in [0.2, 0.25) is 0 Å². The summed E-state index contributed by atoms with van der Waals surface area (Å²) in [6.45, 7) is 0. The lowest BCUT2D eigenvalue weighted by Crippen LogP contribution is -1.81. The van der Waals surface area contributed by atoms with Gasteiger partial charge < -0.3 is 5.11 Å². The first-order valence-electron chi connectivity index (χ1n) is 3.01. The first kappa shape index (κ1) is 10.4. The lowest BCUT2D eigenvalue weighted by molar-refractivity contribution is 0.466. The number of aromatic hydroxyl groups is 1. The predicted molar refractivity (Wildman–Crippen MR) is 39.8 cm³/mol. The molecule has 0 aliphatic rings. The van der Waals surface area contributed by atoms with E-state index in [4.69, 9.17) is 10.4 Å². The third-order valence-corrected chi connectivity index (χ3v) is 1.10. The Morgan fingerprint density at radius 2 is 2.00 bits per heavy atom. The summed E-state index contributed by atoms with van der Waals surface area (Å²) in [5.41, 5.74) is -0.303. The molecule has 0 aliphatic carbocycles. The topological polar surface area (TPSA) is 44.0 Å². The number of nitriles is 1. The van der Waals surface area contributed by atoms with Crippen LogP contribution in [0, 0.1) is 17.1 Å². The number of alkyl halides is 1. The zero-order valence-corrected chi connectivity index (χ0v) is 6.38. The van der Waals surface area contributed by atoms with E-state index in [1.807, 2.05) is 0 Å². The van der Waals surface area contributed by atoms with Gasteiger partial charge in [0.1, 0.15) is 23.2 Å². The van der Waals surface area contributed by atoms with E-state index in [0.29, 0.717) is 7.18 Å². The summed E-state index contributed by atoms with van der Waals surface area (Å²) >= 11 is 0. The predicted octanol–water partition coefficient (Wildman–Crippen LogP) is 1.99. The van der Waals surface area contributed by atoms with Crippen molar-refractivity contribution in [2.24, 2.45) is 0 Å². The van der Waals surface area contributed by atoms with Gasteiger partial charge in [-0.1, -0.05) is 6.07 Å². The number of halogens is 2. The Labute approximate surface area is 68.7 Å². The number of rotatable bonds is 0. The molecule has 0 amide bonds. The van der Waals surface area contributed by atoms with Crippen molar-refractivity contribution >= 4 is 0 Å². The van der Waals surface area contributed by atoms with Gasteiger partial charge in [-0.15, -0.1) is 0 Å². The van der Waals surface area contributed by atoms with E-state index in [1.165, 1.54) is 18.2 Å². The molecule has 1 aromatic carbocycles. The minimum absolute atomic E-state index is 0.303. The number of hydrogen-bond acceptors (Lipinski definition) is 2. The quantitative estimate of drug-likeness (QED) is 0.648. The van der Waals surface area contributed by atoms with Crippen molar-refractivity contribution in [2.45, 2.75) is 0 Å². The van der Waals surface area contributed by atoms with Crippen LogP contribution in [0.5, 0.6) is 5.75 Å². The van der Waals surface area contributed by atoms with Crippen LogP contribution in [0.15, 0.2) is 18.2 Å². The first-order valence-corrected chi connectivity index (χ1v) is 3.01. The Morgan fingerprint density at radius 1 is 1.42 bits per heavy atom. The summed E-state index contributed by atoms with van der Waals surface area (Å²) in [5.74, 6) is -1.01. The maximum atomic E-state index is 12.5. The van der Waals surface area contributed by atoms with Crippen molar-refractivity contribution in [3.63, 3.8) is 0 Å². The molecule has 12 heavy (non-hydrogen) atoms. The highest BCUT2D eigenvalue weighted by atomic mass is 19.1. The van der Waals surface area contributed by atoms with E-state index in [2.05, 4.69) is 0 Å². The smallest absolute Gasteiger partial charge is 0.144 e. The average molecular weight is 171 g/mol. The summed E-state index contributed by atoms with van der Waals surface area (Å²) in [7, 11) is 0.500. The molecule has 0 fully saturated rings. The molecule has 1 aromatic rings. The molecule has 4 heteroatoms.